The first-order chi connectivity index (χ1) is 15.2. The largest absolute Gasteiger partial charge is 0.445 e. The van der Waals surface area contributed by atoms with E-state index in [4.69, 9.17) is 4.74 Å². The topological polar surface area (TPSA) is 67.4 Å². The molecule has 1 saturated carbocycles. The highest BCUT2D eigenvalue weighted by atomic mass is 16.5. The van der Waals surface area contributed by atoms with Gasteiger partial charge >= 0.3 is 6.09 Å². The molecule has 1 aliphatic carbocycles. The van der Waals surface area contributed by atoms with E-state index < -0.39 is 6.09 Å². The fourth-order valence-electron chi connectivity index (χ4n) is 3.79. The van der Waals surface area contributed by atoms with Gasteiger partial charge in [-0.2, -0.15) is 0 Å². The molecule has 2 amide bonds. The Labute approximate surface area is 182 Å². The van der Waals surface area contributed by atoms with Crippen LogP contribution in [0.4, 0.5) is 4.79 Å². The van der Waals surface area contributed by atoms with Gasteiger partial charge in [-0.15, -0.1) is 0 Å². The summed E-state index contributed by atoms with van der Waals surface area (Å²) >= 11 is 0. The second-order valence-corrected chi connectivity index (χ2v) is 7.80. The van der Waals surface area contributed by atoms with E-state index in [9.17, 15) is 9.59 Å². The average Bonchev–Trinajstić information content (AvgIpc) is 3.62. The van der Waals surface area contributed by atoms with Crippen LogP contribution in [0.1, 0.15) is 29.2 Å². The second-order valence-electron chi connectivity index (χ2n) is 7.80. The summed E-state index contributed by atoms with van der Waals surface area (Å²) in [7, 11) is 0. The lowest BCUT2D eigenvalue weighted by Gasteiger charge is -2.19. The molecule has 0 spiro atoms. The number of ether oxygens (including phenoxy) is 1. The van der Waals surface area contributed by atoms with Crippen LogP contribution in [0.5, 0.6) is 0 Å². The number of nitrogens with one attached hydrogen (secondary N) is 2. The molecule has 0 aromatic heterocycles. The van der Waals surface area contributed by atoms with Crippen molar-refractivity contribution >= 4 is 12.0 Å². The van der Waals surface area contributed by atoms with Crippen LogP contribution in [0, 0.1) is 11.8 Å². The molecule has 5 nitrogen and oxygen atoms in total. The van der Waals surface area contributed by atoms with E-state index in [0.717, 1.165) is 23.1 Å². The predicted molar refractivity (Wildman–Crippen MR) is 119 cm³/mol. The standard InChI is InChI=1S/C26H26N2O3/c29-25(27-17-19-10-4-1-5-11-19)23-16-22(23)24(21-14-8-3-9-15-21)28-26(30)31-18-20-12-6-2-7-13-20/h1-15,22-24H,16-18H2,(H,27,29)(H,28,30)/t22-,23+,24-/m0/s1. The summed E-state index contributed by atoms with van der Waals surface area (Å²) in [6.07, 6.45) is 0.257. The molecule has 1 aliphatic rings. The zero-order valence-corrected chi connectivity index (χ0v) is 17.2. The third-order valence-corrected chi connectivity index (χ3v) is 5.56. The summed E-state index contributed by atoms with van der Waals surface area (Å²) < 4.78 is 5.41. The van der Waals surface area contributed by atoms with Gasteiger partial charge in [-0.05, 0) is 29.0 Å². The zero-order valence-electron chi connectivity index (χ0n) is 17.2. The van der Waals surface area contributed by atoms with Crippen LogP contribution in [0.25, 0.3) is 0 Å². The van der Waals surface area contributed by atoms with Crippen molar-refractivity contribution in [3.8, 4) is 0 Å². The smallest absolute Gasteiger partial charge is 0.407 e. The average molecular weight is 415 g/mol. The molecule has 0 heterocycles. The van der Waals surface area contributed by atoms with Gasteiger partial charge in [0.05, 0.1) is 6.04 Å². The molecule has 5 heteroatoms. The van der Waals surface area contributed by atoms with Crippen molar-refractivity contribution in [2.45, 2.75) is 25.6 Å². The van der Waals surface area contributed by atoms with Crippen LogP contribution in [0.2, 0.25) is 0 Å². The number of hydrogen-bond donors (Lipinski definition) is 2. The van der Waals surface area contributed by atoms with Crippen molar-refractivity contribution in [3.63, 3.8) is 0 Å². The Morgan fingerprint density at radius 2 is 1.42 bits per heavy atom. The van der Waals surface area contributed by atoms with Crippen LogP contribution >= 0.6 is 0 Å². The first-order valence-electron chi connectivity index (χ1n) is 10.5. The maximum absolute atomic E-state index is 12.7. The Balaban J connectivity index is 1.36. The monoisotopic (exact) mass is 414 g/mol. The third-order valence-electron chi connectivity index (χ3n) is 5.56. The van der Waals surface area contributed by atoms with Gasteiger partial charge in [-0.1, -0.05) is 91.0 Å². The van der Waals surface area contributed by atoms with Gasteiger partial charge in [0.25, 0.3) is 0 Å². The SMILES string of the molecule is O=C(N[C@@H](c1ccccc1)[C@H]1C[C@H]1C(=O)NCc1ccccc1)OCc1ccccc1. The number of rotatable bonds is 8. The van der Waals surface area contributed by atoms with Crippen molar-refractivity contribution in [3.05, 3.63) is 108 Å². The Hall–Kier alpha value is -3.60. The van der Waals surface area contributed by atoms with Gasteiger partial charge < -0.3 is 15.4 Å². The van der Waals surface area contributed by atoms with E-state index in [-0.39, 0.29) is 30.4 Å². The Bertz CT molecular complexity index is 993. The molecule has 0 aliphatic heterocycles. The van der Waals surface area contributed by atoms with E-state index in [1.165, 1.54) is 0 Å². The second kappa shape index (κ2) is 9.94. The first-order valence-corrected chi connectivity index (χ1v) is 10.5. The highest BCUT2D eigenvalue weighted by molar-refractivity contribution is 5.82. The summed E-state index contributed by atoms with van der Waals surface area (Å²) in [6.45, 7) is 0.714. The van der Waals surface area contributed by atoms with Crippen molar-refractivity contribution in [1.29, 1.82) is 0 Å². The number of benzene rings is 3. The number of hydrogen-bond acceptors (Lipinski definition) is 3. The number of carbonyl (C=O) groups is 2. The summed E-state index contributed by atoms with van der Waals surface area (Å²) in [6, 6.07) is 28.9. The normalized spacial score (nSPS) is 17.9. The highest BCUT2D eigenvalue weighted by Crippen LogP contribution is 2.47. The van der Waals surface area contributed by atoms with Gasteiger partial charge in [0, 0.05) is 12.5 Å². The summed E-state index contributed by atoms with van der Waals surface area (Å²) in [4.78, 5) is 25.2. The van der Waals surface area contributed by atoms with Crippen molar-refractivity contribution in [2.75, 3.05) is 0 Å². The maximum Gasteiger partial charge on any atom is 0.407 e. The number of alkyl carbamates (subject to hydrolysis) is 1. The van der Waals surface area contributed by atoms with Crippen LogP contribution in [0.3, 0.4) is 0 Å². The van der Waals surface area contributed by atoms with Gasteiger partial charge in [-0.25, -0.2) is 4.79 Å². The molecule has 3 aromatic rings. The minimum Gasteiger partial charge on any atom is -0.445 e. The third kappa shape index (κ3) is 5.72. The molecule has 0 saturated heterocycles. The van der Waals surface area contributed by atoms with Gasteiger partial charge in [0.1, 0.15) is 6.61 Å². The van der Waals surface area contributed by atoms with Crippen molar-refractivity contribution in [2.24, 2.45) is 11.8 Å². The molecule has 0 unspecified atom stereocenters. The van der Waals surface area contributed by atoms with Crippen LogP contribution in [0.15, 0.2) is 91.0 Å². The molecule has 3 atom stereocenters. The van der Waals surface area contributed by atoms with E-state index in [0.29, 0.717) is 6.54 Å². The fraction of sp³-hybridized carbons (Fsp3) is 0.231. The summed E-state index contributed by atoms with van der Waals surface area (Å²) in [5.41, 5.74) is 2.97. The molecular formula is C26H26N2O3. The van der Waals surface area contributed by atoms with Crippen LogP contribution in [-0.2, 0) is 22.7 Å². The minimum atomic E-state index is -0.479. The van der Waals surface area contributed by atoms with Gasteiger partial charge in [-0.3, -0.25) is 4.79 Å². The molecule has 4 rings (SSSR count). The predicted octanol–water partition coefficient (Wildman–Crippen LogP) is 4.61. The quantitative estimate of drug-likeness (QED) is 0.566. The Morgan fingerprint density at radius 3 is 2.06 bits per heavy atom. The highest BCUT2D eigenvalue weighted by Gasteiger charge is 2.48. The lowest BCUT2D eigenvalue weighted by molar-refractivity contribution is -0.122. The summed E-state index contributed by atoms with van der Waals surface area (Å²) in [5, 5.41) is 6.00. The molecule has 2 N–H and O–H groups in total. The Kier molecular flexibility index (Phi) is 6.62. The lowest BCUT2D eigenvalue weighted by atomic mass is 10.0. The molecule has 158 valence electrons. The molecule has 31 heavy (non-hydrogen) atoms. The minimum absolute atomic E-state index is 0.0224. The van der Waals surface area contributed by atoms with Gasteiger partial charge in [0.15, 0.2) is 0 Å². The molecule has 1 fully saturated rings. The van der Waals surface area contributed by atoms with Crippen molar-refractivity contribution in [1.82, 2.24) is 10.6 Å². The first kappa shape index (κ1) is 20.7. The lowest BCUT2D eigenvalue weighted by Crippen LogP contribution is -2.32. The van der Waals surface area contributed by atoms with Crippen LogP contribution in [-0.4, -0.2) is 12.0 Å². The van der Waals surface area contributed by atoms with E-state index in [2.05, 4.69) is 10.6 Å². The molecular weight excluding hydrogens is 388 g/mol. The molecule has 0 bridgehead atoms. The fourth-order valence-corrected chi connectivity index (χ4v) is 3.79. The molecule has 3 aromatic carbocycles. The zero-order chi connectivity index (χ0) is 21.5. The van der Waals surface area contributed by atoms with E-state index >= 15 is 0 Å². The van der Waals surface area contributed by atoms with Crippen LogP contribution < -0.4 is 10.6 Å². The van der Waals surface area contributed by atoms with E-state index in [1.807, 2.05) is 91.0 Å². The van der Waals surface area contributed by atoms with Crippen molar-refractivity contribution < 1.29 is 14.3 Å². The van der Waals surface area contributed by atoms with Gasteiger partial charge in [0.2, 0.25) is 5.91 Å². The number of amides is 2. The number of carbonyl (C=O) groups excluding carboxylic acids is 2. The summed E-state index contributed by atoms with van der Waals surface area (Å²) in [5.74, 6) is -0.0555. The maximum atomic E-state index is 12.7. The van der Waals surface area contributed by atoms with E-state index in [1.54, 1.807) is 0 Å². The Morgan fingerprint density at radius 1 is 0.839 bits per heavy atom. The molecule has 0 radical (unpaired) electrons.